The number of hydrogen-bond donors (Lipinski definition) is 3. The highest BCUT2D eigenvalue weighted by atomic mass is 35.5. The number of carbonyl (C=O) groups is 2. The van der Waals surface area contributed by atoms with E-state index in [1.165, 1.54) is 29.1 Å². The summed E-state index contributed by atoms with van der Waals surface area (Å²) in [6, 6.07) is 4.35. The van der Waals surface area contributed by atoms with Crippen LogP contribution in [-0.4, -0.2) is 48.0 Å². The number of pyridine rings is 1. The zero-order chi connectivity index (χ0) is 22.5. The quantitative estimate of drug-likeness (QED) is 0.521. The normalized spacial score (nSPS) is 13.0. The number of hydrogen-bond acceptors (Lipinski definition) is 6. The fourth-order valence-electron chi connectivity index (χ4n) is 3.07. The van der Waals surface area contributed by atoms with Crippen molar-refractivity contribution >= 4 is 23.4 Å². The van der Waals surface area contributed by atoms with Crippen LogP contribution in [0.5, 0.6) is 5.75 Å². The summed E-state index contributed by atoms with van der Waals surface area (Å²) >= 11 is 5.73. The predicted octanol–water partition coefficient (Wildman–Crippen LogP) is 1.34. The van der Waals surface area contributed by atoms with E-state index in [1.54, 1.807) is 5.01 Å². The topological polar surface area (TPSA) is 113 Å². The molecule has 1 aliphatic heterocycles. The Balaban J connectivity index is 1.86. The number of nitrogens with zero attached hydrogens (tertiary/aromatic N) is 2. The van der Waals surface area contributed by atoms with Gasteiger partial charge in [-0.15, -0.1) is 0 Å². The van der Waals surface area contributed by atoms with Crippen molar-refractivity contribution in [2.45, 2.75) is 19.9 Å². The third kappa shape index (κ3) is 4.80. The van der Waals surface area contributed by atoms with E-state index in [0.29, 0.717) is 19.8 Å². The Morgan fingerprint density at radius 1 is 1.35 bits per heavy atom. The first kappa shape index (κ1) is 22.6. The van der Waals surface area contributed by atoms with E-state index >= 15 is 0 Å². The molecule has 3 N–H and O–H groups in total. The highest BCUT2D eigenvalue weighted by Crippen LogP contribution is 2.19. The van der Waals surface area contributed by atoms with Gasteiger partial charge in [-0.3, -0.25) is 24.1 Å². The summed E-state index contributed by atoms with van der Waals surface area (Å²) in [5.74, 6) is -3.00. The molecule has 9 nitrogen and oxygen atoms in total. The van der Waals surface area contributed by atoms with Crippen molar-refractivity contribution in [3.05, 3.63) is 62.3 Å². The molecule has 0 saturated heterocycles. The van der Waals surface area contributed by atoms with Crippen LogP contribution in [0.2, 0.25) is 5.02 Å². The molecule has 31 heavy (non-hydrogen) atoms. The number of benzene rings is 1. The molecule has 0 fully saturated rings. The molecule has 1 aliphatic rings. The molecular formula is C20H22ClFN4O5. The number of rotatable bonds is 8. The lowest BCUT2D eigenvalue weighted by atomic mass is 10.1. The first-order chi connectivity index (χ1) is 14.8. The Morgan fingerprint density at radius 2 is 2.13 bits per heavy atom. The van der Waals surface area contributed by atoms with Crippen LogP contribution in [0.3, 0.4) is 0 Å². The molecule has 2 heterocycles. The third-order valence-electron chi connectivity index (χ3n) is 4.66. The van der Waals surface area contributed by atoms with Crippen molar-refractivity contribution in [3.63, 3.8) is 0 Å². The van der Waals surface area contributed by atoms with Gasteiger partial charge in [0.25, 0.3) is 11.8 Å². The van der Waals surface area contributed by atoms with Crippen LogP contribution < -0.4 is 21.1 Å². The molecule has 0 unspecified atom stereocenters. The van der Waals surface area contributed by atoms with Crippen LogP contribution in [0, 0.1) is 5.82 Å². The monoisotopic (exact) mass is 452 g/mol. The standard InChI is InChI=1S/C20H22ClFN4O5/c1-2-7-31-8-6-25-11-24-20(30)16-18(28)17(27)13(10-26(16)25)19(29)23-9-12-4-3-5-14(21)15(12)22/h3-5,10,28H,2,6-9,11H2,1H3,(H,23,29)(H,24,30). The number of fused-ring (bicyclic) bond motifs is 1. The van der Waals surface area contributed by atoms with Crippen molar-refractivity contribution in [1.29, 1.82) is 0 Å². The minimum Gasteiger partial charge on any atom is -0.502 e. The average molecular weight is 453 g/mol. The fraction of sp³-hybridized carbons (Fsp3) is 0.350. The fourth-order valence-corrected chi connectivity index (χ4v) is 3.26. The second-order valence-electron chi connectivity index (χ2n) is 6.82. The molecule has 0 radical (unpaired) electrons. The predicted molar refractivity (Wildman–Crippen MR) is 111 cm³/mol. The van der Waals surface area contributed by atoms with Crippen LogP contribution in [0.1, 0.15) is 39.8 Å². The first-order valence-electron chi connectivity index (χ1n) is 9.66. The van der Waals surface area contributed by atoms with Crippen LogP contribution in [0.15, 0.2) is 29.2 Å². The van der Waals surface area contributed by atoms with Crippen molar-refractivity contribution in [2.75, 3.05) is 31.4 Å². The summed E-state index contributed by atoms with van der Waals surface area (Å²) in [4.78, 5) is 37.3. The van der Waals surface area contributed by atoms with Crippen LogP contribution >= 0.6 is 11.6 Å². The van der Waals surface area contributed by atoms with Gasteiger partial charge in [0.1, 0.15) is 18.0 Å². The Bertz CT molecular complexity index is 1060. The lowest BCUT2D eigenvalue weighted by Crippen LogP contribution is -2.53. The van der Waals surface area contributed by atoms with E-state index < -0.39 is 34.4 Å². The van der Waals surface area contributed by atoms with Crippen molar-refractivity contribution in [2.24, 2.45) is 0 Å². The van der Waals surface area contributed by atoms with Gasteiger partial charge in [0.15, 0.2) is 11.4 Å². The SMILES string of the molecule is CCCOCCN1CNC(=O)c2c(O)c(=O)c(C(=O)NCc3cccc(Cl)c3F)cn21. The van der Waals surface area contributed by atoms with E-state index in [4.69, 9.17) is 16.3 Å². The number of aromatic nitrogens is 1. The molecule has 2 aromatic rings. The molecule has 0 bridgehead atoms. The van der Waals surface area contributed by atoms with E-state index in [2.05, 4.69) is 10.6 Å². The number of amides is 2. The van der Waals surface area contributed by atoms with E-state index in [9.17, 15) is 23.9 Å². The van der Waals surface area contributed by atoms with Gasteiger partial charge in [-0.05, 0) is 12.5 Å². The number of aromatic hydroxyl groups is 1. The molecule has 0 atom stereocenters. The molecule has 2 amide bonds. The van der Waals surface area contributed by atoms with E-state index in [0.717, 1.165) is 6.42 Å². The van der Waals surface area contributed by atoms with Crippen LogP contribution in [0.25, 0.3) is 0 Å². The Hall–Kier alpha value is -3.11. The molecular weight excluding hydrogens is 431 g/mol. The first-order valence-corrected chi connectivity index (χ1v) is 10.0. The van der Waals surface area contributed by atoms with Gasteiger partial charge < -0.3 is 20.5 Å². The zero-order valence-corrected chi connectivity index (χ0v) is 17.5. The van der Waals surface area contributed by atoms with Gasteiger partial charge in [-0.2, -0.15) is 0 Å². The second kappa shape index (κ2) is 9.80. The highest BCUT2D eigenvalue weighted by molar-refractivity contribution is 6.30. The third-order valence-corrected chi connectivity index (χ3v) is 4.96. The lowest BCUT2D eigenvalue weighted by Gasteiger charge is -2.33. The molecule has 166 valence electrons. The molecule has 1 aromatic heterocycles. The maximum atomic E-state index is 14.0. The lowest BCUT2D eigenvalue weighted by molar-refractivity contribution is 0.0899. The smallest absolute Gasteiger partial charge is 0.275 e. The van der Waals surface area contributed by atoms with Crippen molar-refractivity contribution in [3.8, 4) is 5.75 Å². The Morgan fingerprint density at radius 3 is 2.87 bits per heavy atom. The largest absolute Gasteiger partial charge is 0.502 e. The summed E-state index contributed by atoms with van der Waals surface area (Å²) in [5, 5.41) is 16.8. The van der Waals surface area contributed by atoms with Gasteiger partial charge in [-0.25, -0.2) is 4.39 Å². The summed E-state index contributed by atoms with van der Waals surface area (Å²) in [7, 11) is 0. The molecule has 3 rings (SSSR count). The minimum absolute atomic E-state index is 0.0924. The van der Waals surface area contributed by atoms with Crippen molar-refractivity contribution in [1.82, 2.24) is 15.3 Å². The van der Waals surface area contributed by atoms with Crippen LogP contribution in [-0.2, 0) is 11.3 Å². The molecule has 1 aromatic carbocycles. The van der Waals surface area contributed by atoms with E-state index in [1.807, 2.05) is 6.92 Å². The van der Waals surface area contributed by atoms with Gasteiger partial charge in [0.05, 0.1) is 18.2 Å². The Labute approximate surface area is 182 Å². The summed E-state index contributed by atoms with van der Waals surface area (Å²) in [6.45, 7) is 3.09. The van der Waals surface area contributed by atoms with Crippen molar-refractivity contribution < 1.29 is 23.8 Å². The highest BCUT2D eigenvalue weighted by Gasteiger charge is 2.29. The molecule has 0 spiro atoms. The molecule has 0 saturated carbocycles. The summed E-state index contributed by atoms with van der Waals surface area (Å²) in [6.07, 6.45) is 2.03. The summed E-state index contributed by atoms with van der Waals surface area (Å²) in [5.41, 5.74) is -1.53. The van der Waals surface area contributed by atoms with Gasteiger partial charge >= 0.3 is 0 Å². The van der Waals surface area contributed by atoms with Gasteiger partial charge in [-0.1, -0.05) is 30.7 Å². The number of halogens is 2. The van der Waals surface area contributed by atoms with E-state index in [-0.39, 0.29) is 29.5 Å². The molecule has 11 heteroatoms. The zero-order valence-electron chi connectivity index (χ0n) is 16.8. The minimum atomic E-state index is -1.01. The maximum absolute atomic E-state index is 14.0. The number of ether oxygens (including phenoxy) is 1. The van der Waals surface area contributed by atoms with Gasteiger partial charge in [0.2, 0.25) is 5.43 Å². The molecule has 0 aliphatic carbocycles. The number of carbonyl (C=O) groups excluding carboxylic acids is 2. The van der Waals surface area contributed by atoms with Crippen LogP contribution in [0.4, 0.5) is 4.39 Å². The van der Waals surface area contributed by atoms with Gasteiger partial charge in [0, 0.05) is 24.9 Å². The second-order valence-corrected chi connectivity index (χ2v) is 7.22. The summed E-state index contributed by atoms with van der Waals surface area (Å²) < 4.78 is 20.8. The Kier molecular flexibility index (Phi) is 7.13. The number of nitrogens with one attached hydrogen (secondary N) is 2. The maximum Gasteiger partial charge on any atom is 0.275 e. The average Bonchev–Trinajstić information content (AvgIpc) is 2.75.